The average Bonchev–Trinajstić information content (AvgIpc) is 3.07. The maximum absolute atomic E-state index is 12.8. The minimum Gasteiger partial charge on any atom is -0.298 e. The van der Waals surface area contributed by atoms with Crippen LogP contribution in [-0.4, -0.2) is 10.9 Å². The number of hydrogen-bond acceptors (Lipinski definition) is 3. The van der Waals surface area contributed by atoms with Crippen molar-refractivity contribution in [2.45, 2.75) is 12.6 Å². The summed E-state index contributed by atoms with van der Waals surface area (Å²) in [5, 5.41) is 3.53. The monoisotopic (exact) mass is 422 g/mol. The van der Waals surface area contributed by atoms with Crippen LogP contribution in [0.4, 0.5) is 18.3 Å². The fourth-order valence-electron chi connectivity index (χ4n) is 2.43. The first-order valence-corrected chi connectivity index (χ1v) is 9.35. The number of hydrogen-bond donors (Lipinski definition) is 1. The Labute approximate surface area is 168 Å². The van der Waals surface area contributed by atoms with Crippen LogP contribution in [0.15, 0.2) is 60.8 Å². The van der Waals surface area contributed by atoms with E-state index in [9.17, 15) is 18.0 Å². The zero-order valence-corrected chi connectivity index (χ0v) is 15.9. The Morgan fingerprint density at radius 3 is 2.71 bits per heavy atom. The molecule has 0 aliphatic rings. The van der Waals surface area contributed by atoms with Crippen LogP contribution in [0.5, 0.6) is 0 Å². The molecule has 8 heteroatoms. The third-order valence-electron chi connectivity index (χ3n) is 3.74. The molecule has 0 saturated heterocycles. The smallest absolute Gasteiger partial charge is 0.298 e. The Balaban J connectivity index is 1.63. The van der Waals surface area contributed by atoms with Gasteiger partial charge in [-0.25, -0.2) is 4.98 Å². The van der Waals surface area contributed by atoms with Crippen LogP contribution < -0.4 is 5.32 Å². The predicted octanol–water partition coefficient (Wildman–Crippen LogP) is 6.06. The fourth-order valence-corrected chi connectivity index (χ4v) is 3.48. The first-order valence-electron chi connectivity index (χ1n) is 8.16. The van der Waals surface area contributed by atoms with E-state index in [-0.39, 0.29) is 5.91 Å². The lowest BCUT2D eigenvalue weighted by atomic mass is 10.1. The van der Waals surface area contributed by atoms with Crippen LogP contribution in [0.3, 0.4) is 0 Å². The molecular formula is C20H14ClF3N2OS. The van der Waals surface area contributed by atoms with Gasteiger partial charge in [-0.05, 0) is 29.3 Å². The van der Waals surface area contributed by atoms with E-state index >= 15 is 0 Å². The molecule has 1 N–H and O–H groups in total. The van der Waals surface area contributed by atoms with Gasteiger partial charge < -0.3 is 0 Å². The molecule has 28 heavy (non-hydrogen) atoms. The van der Waals surface area contributed by atoms with Gasteiger partial charge in [0.05, 0.1) is 5.56 Å². The molecule has 3 nitrogen and oxygen atoms in total. The van der Waals surface area contributed by atoms with E-state index in [1.54, 1.807) is 36.5 Å². The van der Waals surface area contributed by atoms with Gasteiger partial charge in [-0.2, -0.15) is 13.2 Å². The molecule has 0 bridgehead atoms. The summed E-state index contributed by atoms with van der Waals surface area (Å²) in [6.45, 7) is 0. The zero-order valence-electron chi connectivity index (χ0n) is 14.3. The largest absolute Gasteiger partial charge is 0.416 e. The number of amides is 1. The molecule has 1 aromatic heterocycles. The lowest BCUT2D eigenvalue weighted by Crippen LogP contribution is -2.07. The molecule has 3 aromatic rings. The highest BCUT2D eigenvalue weighted by Crippen LogP contribution is 2.30. The van der Waals surface area contributed by atoms with E-state index in [4.69, 9.17) is 11.6 Å². The summed E-state index contributed by atoms with van der Waals surface area (Å²) in [6.07, 6.45) is 0.395. The number of benzene rings is 2. The van der Waals surface area contributed by atoms with Crippen molar-refractivity contribution in [1.82, 2.24) is 4.98 Å². The Morgan fingerprint density at radius 2 is 1.96 bits per heavy atom. The Kier molecular flexibility index (Phi) is 6.16. The van der Waals surface area contributed by atoms with Crippen LogP contribution in [0.1, 0.15) is 21.6 Å². The van der Waals surface area contributed by atoms with Gasteiger partial charge in [0.1, 0.15) is 0 Å². The summed E-state index contributed by atoms with van der Waals surface area (Å²) in [5.41, 5.74) is 0.548. The molecule has 0 radical (unpaired) electrons. The van der Waals surface area contributed by atoms with Gasteiger partial charge in [-0.15, -0.1) is 11.3 Å². The molecule has 144 valence electrons. The Bertz CT molecular complexity index is 1010. The summed E-state index contributed by atoms with van der Waals surface area (Å²) >= 11 is 7.23. The number of anilines is 1. The number of aromatic nitrogens is 1. The molecule has 0 atom stereocenters. The minimum atomic E-state index is -4.38. The highest BCUT2D eigenvalue weighted by atomic mass is 35.5. The second-order valence-corrected chi connectivity index (χ2v) is 7.37. The van der Waals surface area contributed by atoms with Crippen LogP contribution in [0.25, 0.3) is 6.08 Å². The molecule has 0 unspecified atom stereocenters. The SMILES string of the molecule is O=C(C=Cc1ccccc1Cl)Nc1ncc(Cc2cccc(C(F)(F)F)c2)s1. The maximum Gasteiger partial charge on any atom is 0.416 e. The van der Waals surface area contributed by atoms with Crippen molar-refractivity contribution in [3.63, 3.8) is 0 Å². The molecule has 1 heterocycles. The normalized spacial score (nSPS) is 11.7. The predicted molar refractivity (Wildman–Crippen MR) is 105 cm³/mol. The molecule has 0 spiro atoms. The van der Waals surface area contributed by atoms with Crippen molar-refractivity contribution < 1.29 is 18.0 Å². The lowest BCUT2D eigenvalue weighted by molar-refractivity contribution is -0.137. The molecule has 0 fully saturated rings. The molecule has 0 aliphatic heterocycles. The molecule has 3 rings (SSSR count). The highest BCUT2D eigenvalue weighted by molar-refractivity contribution is 7.15. The Morgan fingerprint density at radius 1 is 1.18 bits per heavy atom. The molecule has 0 saturated carbocycles. The van der Waals surface area contributed by atoms with Crippen molar-refractivity contribution in [2.75, 3.05) is 5.32 Å². The van der Waals surface area contributed by atoms with E-state index in [1.807, 2.05) is 6.07 Å². The van der Waals surface area contributed by atoms with Crippen LogP contribution >= 0.6 is 22.9 Å². The Hall–Kier alpha value is -2.64. The summed E-state index contributed by atoms with van der Waals surface area (Å²) in [7, 11) is 0. The first kappa shape index (κ1) is 20.1. The third kappa shape index (κ3) is 5.43. The second-order valence-electron chi connectivity index (χ2n) is 5.85. The van der Waals surface area contributed by atoms with E-state index < -0.39 is 11.7 Å². The van der Waals surface area contributed by atoms with Gasteiger partial charge in [0, 0.05) is 28.6 Å². The van der Waals surface area contributed by atoms with E-state index in [2.05, 4.69) is 10.3 Å². The zero-order chi connectivity index (χ0) is 20.1. The third-order valence-corrected chi connectivity index (χ3v) is 4.99. The average molecular weight is 423 g/mol. The number of alkyl halides is 3. The number of rotatable bonds is 5. The van der Waals surface area contributed by atoms with E-state index in [0.29, 0.717) is 27.7 Å². The molecule has 2 aromatic carbocycles. The molecule has 0 aliphatic carbocycles. The van der Waals surface area contributed by atoms with E-state index in [0.717, 1.165) is 17.0 Å². The number of carbonyl (C=O) groups is 1. The highest BCUT2D eigenvalue weighted by Gasteiger charge is 2.30. The topological polar surface area (TPSA) is 42.0 Å². The van der Waals surface area contributed by atoms with Gasteiger partial charge >= 0.3 is 6.18 Å². The summed E-state index contributed by atoms with van der Waals surface area (Å²) in [5.74, 6) is -0.375. The molecular weight excluding hydrogens is 409 g/mol. The van der Waals surface area contributed by atoms with Crippen LogP contribution in [-0.2, 0) is 17.4 Å². The van der Waals surface area contributed by atoms with Crippen molar-refractivity contribution in [3.05, 3.63) is 87.4 Å². The molecule has 1 amide bonds. The van der Waals surface area contributed by atoms with E-state index in [1.165, 1.54) is 23.5 Å². The number of carbonyl (C=O) groups excluding carboxylic acids is 1. The number of nitrogens with zero attached hydrogens (tertiary/aromatic N) is 1. The van der Waals surface area contributed by atoms with Crippen LogP contribution in [0, 0.1) is 0 Å². The number of nitrogens with one attached hydrogen (secondary N) is 1. The van der Waals surface area contributed by atoms with Crippen molar-refractivity contribution in [1.29, 1.82) is 0 Å². The standard InChI is InChI=1S/C20H14ClF3N2OS/c21-17-7-2-1-5-14(17)8-9-18(27)26-19-25-12-16(28-19)11-13-4-3-6-15(10-13)20(22,23)24/h1-10,12H,11H2,(H,25,26,27). The van der Waals surface area contributed by atoms with Gasteiger partial charge in [0.25, 0.3) is 0 Å². The maximum atomic E-state index is 12.8. The van der Waals surface area contributed by atoms with Crippen molar-refractivity contribution in [3.8, 4) is 0 Å². The lowest BCUT2D eigenvalue weighted by Gasteiger charge is -2.07. The quantitative estimate of drug-likeness (QED) is 0.508. The number of thiazole rings is 1. The van der Waals surface area contributed by atoms with Crippen molar-refractivity contribution >= 4 is 40.1 Å². The summed E-state index contributed by atoms with van der Waals surface area (Å²) in [4.78, 5) is 16.9. The van der Waals surface area contributed by atoms with Gasteiger partial charge in [-0.1, -0.05) is 48.0 Å². The summed E-state index contributed by atoms with van der Waals surface area (Å²) in [6, 6.07) is 12.3. The minimum absolute atomic E-state index is 0.299. The summed E-state index contributed by atoms with van der Waals surface area (Å²) < 4.78 is 38.4. The van der Waals surface area contributed by atoms with Crippen molar-refractivity contribution in [2.24, 2.45) is 0 Å². The second kappa shape index (κ2) is 8.58. The van der Waals surface area contributed by atoms with Gasteiger partial charge in [-0.3, -0.25) is 10.1 Å². The first-order chi connectivity index (χ1) is 13.3. The fraction of sp³-hybridized carbons (Fsp3) is 0.100. The van der Waals surface area contributed by atoms with Gasteiger partial charge in [0.2, 0.25) is 5.91 Å². The van der Waals surface area contributed by atoms with Gasteiger partial charge in [0.15, 0.2) is 5.13 Å². The van der Waals surface area contributed by atoms with Crippen LogP contribution in [0.2, 0.25) is 5.02 Å². The number of halogens is 4.